The lowest BCUT2D eigenvalue weighted by atomic mass is 9.74. The van der Waals surface area contributed by atoms with Gasteiger partial charge in [-0.15, -0.1) is 0 Å². The molecule has 3 aliphatic rings. The number of hydrogen-bond acceptors (Lipinski definition) is 1. The Labute approximate surface area is 70.6 Å². The summed E-state index contributed by atoms with van der Waals surface area (Å²) in [6, 6.07) is 0.880. The van der Waals surface area contributed by atoms with E-state index in [-0.39, 0.29) is 0 Å². The Morgan fingerprint density at radius 3 is 2.09 bits per heavy atom. The van der Waals surface area contributed by atoms with Crippen molar-refractivity contribution in [3.05, 3.63) is 0 Å². The highest BCUT2D eigenvalue weighted by Gasteiger charge is 2.31. The van der Waals surface area contributed by atoms with Gasteiger partial charge in [-0.25, -0.2) is 0 Å². The smallest absolute Gasteiger partial charge is 0.00699 e. The van der Waals surface area contributed by atoms with Gasteiger partial charge in [0, 0.05) is 6.04 Å². The summed E-state index contributed by atoms with van der Waals surface area (Å²) in [5.41, 5.74) is 0. The fourth-order valence-electron chi connectivity index (χ4n) is 2.27. The molecule has 0 aromatic heterocycles. The molecule has 0 radical (unpaired) electrons. The Balaban J connectivity index is 0.000000281. The molecule has 1 nitrogen and oxygen atoms in total. The Hall–Kier alpha value is -0.0400. The number of piperidine rings is 2. The zero-order valence-corrected chi connectivity index (χ0v) is 8.06. The molecule has 2 saturated heterocycles. The van der Waals surface area contributed by atoms with Crippen LogP contribution in [0.3, 0.4) is 0 Å². The van der Waals surface area contributed by atoms with Gasteiger partial charge in [-0.3, -0.25) is 0 Å². The van der Waals surface area contributed by atoms with Crippen LogP contribution in [0, 0.1) is 11.8 Å². The Kier molecular flexibility index (Phi) is 3.38. The van der Waals surface area contributed by atoms with Crippen LogP contribution in [0.1, 0.15) is 40.0 Å². The highest BCUT2D eigenvalue weighted by Crippen LogP contribution is 2.33. The zero-order valence-electron chi connectivity index (χ0n) is 8.06. The van der Waals surface area contributed by atoms with Crippen LogP contribution in [-0.4, -0.2) is 12.6 Å². The first-order valence-corrected chi connectivity index (χ1v) is 5.09. The molecular weight excluding hydrogens is 134 g/mol. The third-order valence-electron chi connectivity index (χ3n) is 3.02. The topological polar surface area (TPSA) is 12.0 Å². The van der Waals surface area contributed by atoms with E-state index in [2.05, 4.69) is 12.2 Å². The normalized spacial score (nSPS) is 41.2. The molecule has 0 amide bonds. The molecule has 1 N–H and O–H groups in total. The third-order valence-corrected chi connectivity index (χ3v) is 3.02. The van der Waals surface area contributed by atoms with Gasteiger partial charge in [-0.05, 0) is 37.6 Å². The summed E-state index contributed by atoms with van der Waals surface area (Å²) in [7, 11) is 0. The SMILES string of the molecule is CC.CC1CC2CCC1CN2. The summed E-state index contributed by atoms with van der Waals surface area (Å²) in [4.78, 5) is 0. The first-order chi connectivity index (χ1) is 5.36. The summed E-state index contributed by atoms with van der Waals surface area (Å²) in [5, 5.41) is 3.55. The van der Waals surface area contributed by atoms with Gasteiger partial charge in [0.15, 0.2) is 0 Å². The molecule has 3 rings (SSSR count). The maximum Gasteiger partial charge on any atom is 0.00699 e. The van der Waals surface area contributed by atoms with Crippen LogP contribution in [0.4, 0.5) is 0 Å². The fraction of sp³-hybridized carbons (Fsp3) is 1.00. The first kappa shape index (κ1) is 9.05. The third kappa shape index (κ3) is 1.96. The molecular formula is C10H21N. The number of nitrogens with one attached hydrogen (secondary N) is 1. The standard InChI is InChI=1S/C8H15N.C2H6/c1-6-4-8-3-2-7(6)5-9-8;1-2/h6-9H,2-5H2,1H3;1-2H3. The van der Waals surface area contributed by atoms with Crippen molar-refractivity contribution in [3.8, 4) is 0 Å². The highest BCUT2D eigenvalue weighted by atomic mass is 14.9. The molecule has 2 aliphatic heterocycles. The van der Waals surface area contributed by atoms with Gasteiger partial charge in [0.2, 0.25) is 0 Å². The molecule has 2 bridgehead atoms. The molecule has 3 fully saturated rings. The summed E-state index contributed by atoms with van der Waals surface area (Å²) in [5.74, 6) is 2.01. The number of rotatable bonds is 0. The van der Waals surface area contributed by atoms with Gasteiger partial charge in [-0.2, -0.15) is 0 Å². The first-order valence-electron chi connectivity index (χ1n) is 5.09. The largest absolute Gasteiger partial charge is 0.314 e. The maximum absolute atomic E-state index is 3.55. The van der Waals surface area contributed by atoms with E-state index in [1.807, 2.05) is 13.8 Å². The van der Waals surface area contributed by atoms with Gasteiger partial charge >= 0.3 is 0 Å². The van der Waals surface area contributed by atoms with Crippen molar-refractivity contribution in [2.24, 2.45) is 11.8 Å². The molecule has 11 heavy (non-hydrogen) atoms. The lowest BCUT2D eigenvalue weighted by Crippen LogP contribution is -2.48. The summed E-state index contributed by atoms with van der Waals surface area (Å²) in [6.45, 7) is 7.70. The van der Waals surface area contributed by atoms with Crippen molar-refractivity contribution >= 4 is 0 Å². The van der Waals surface area contributed by atoms with E-state index in [1.165, 1.54) is 25.8 Å². The van der Waals surface area contributed by atoms with Gasteiger partial charge in [0.05, 0.1) is 0 Å². The molecule has 3 unspecified atom stereocenters. The molecule has 1 saturated carbocycles. The molecule has 0 aromatic rings. The van der Waals surface area contributed by atoms with E-state index in [0.717, 1.165) is 17.9 Å². The molecule has 1 heteroatoms. The van der Waals surface area contributed by atoms with Crippen molar-refractivity contribution in [2.75, 3.05) is 6.54 Å². The van der Waals surface area contributed by atoms with Crippen LogP contribution in [0.25, 0.3) is 0 Å². The van der Waals surface area contributed by atoms with E-state index < -0.39 is 0 Å². The van der Waals surface area contributed by atoms with Crippen LogP contribution < -0.4 is 5.32 Å². The number of hydrogen-bond donors (Lipinski definition) is 1. The average Bonchev–Trinajstić information content (AvgIpc) is 2.10. The molecule has 2 heterocycles. The van der Waals surface area contributed by atoms with Crippen LogP contribution in [0.2, 0.25) is 0 Å². The summed E-state index contributed by atoms with van der Waals surface area (Å²) in [6.07, 6.45) is 4.36. The van der Waals surface area contributed by atoms with Crippen molar-refractivity contribution < 1.29 is 0 Å². The van der Waals surface area contributed by atoms with E-state index in [1.54, 1.807) is 0 Å². The van der Waals surface area contributed by atoms with Crippen LogP contribution in [0.15, 0.2) is 0 Å². The minimum Gasteiger partial charge on any atom is -0.314 e. The molecule has 66 valence electrons. The zero-order chi connectivity index (χ0) is 8.27. The second-order valence-electron chi connectivity index (χ2n) is 3.66. The summed E-state index contributed by atoms with van der Waals surface area (Å²) < 4.78 is 0. The minimum atomic E-state index is 0.880. The minimum absolute atomic E-state index is 0.880. The van der Waals surface area contributed by atoms with Gasteiger partial charge in [0.1, 0.15) is 0 Å². The monoisotopic (exact) mass is 155 g/mol. The van der Waals surface area contributed by atoms with E-state index in [4.69, 9.17) is 0 Å². The van der Waals surface area contributed by atoms with Gasteiger partial charge in [0.25, 0.3) is 0 Å². The Morgan fingerprint density at radius 1 is 1.18 bits per heavy atom. The second kappa shape index (κ2) is 4.10. The maximum atomic E-state index is 3.55. The second-order valence-corrected chi connectivity index (χ2v) is 3.66. The predicted molar refractivity (Wildman–Crippen MR) is 49.6 cm³/mol. The van der Waals surface area contributed by atoms with E-state index in [9.17, 15) is 0 Å². The average molecular weight is 155 g/mol. The highest BCUT2D eigenvalue weighted by molar-refractivity contribution is 4.88. The van der Waals surface area contributed by atoms with Crippen molar-refractivity contribution in [1.29, 1.82) is 0 Å². The quantitative estimate of drug-likeness (QED) is 0.566. The fourth-order valence-corrected chi connectivity index (χ4v) is 2.27. The van der Waals surface area contributed by atoms with Crippen LogP contribution in [-0.2, 0) is 0 Å². The van der Waals surface area contributed by atoms with Crippen molar-refractivity contribution in [2.45, 2.75) is 46.1 Å². The van der Waals surface area contributed by atoms with Crippen molar-refractivity contribution in [3.63, 3.8) is 0 Å². The van der Waals surface area contributed by atoms with E-state index in [0.29, 0.717) is 0 Å². The number of fused-ring (bicyclic) bond motifs is 3. The molecule has 1 aliphatic carbocycles. The predicted octanol–water partition coefficient (Wildman–Crippen LogP) is 2.42. The lowest BCUT2D eigenvalue weighted by Gasteiger charge is -2.41. The molecule has 0 aromatic carbocycles. The molecule has 3 atom stereocenters. The van der Waals surface area contributed by atoms with Crippen LogP contribution >= 0.6 is 0 Å². The van der Waals surface area contributed by atoms with Crippen LogP contribution in [0.5, 0.6) is 0 Å². The van der Waals surface area contributed by atoms with Gasteiger partial charge in [-0.1, -0.05) is 20.8 Å². The lowest BCUT2D eigenvalue weighted by molar-refractivity contribution is 0.145. The van der Waals surface area contributed by atoms with Gasteiger partial charge < -0.3 is 5.32 Å². The Morgan fingerprint density at radius 2 is 1.91 bits per heavy atom. The summed E-state index contributed by atoms with van der Waals surface area (Å²) >= 11 is 0. The Bertz CT molecular complexity index is 103. The molecule has 0 spiro atoms. The van der Waals surface area contributed by atoms with Crippen molar-refractivity contribution in [1.82, 2.24) is 5.32 Å². The van der Waals surface area contributed by atoms with E-state index >= 15 is 0 Å².